The van der Waals surface area contributed by atoms with Gasteiger partial charge < -0.3 is 25.3 Å². The van der Waals surface area contributed by atoms with Gasteiger partial charge in [0.1, 0.15) is 6.04 Å². The summed E-state index contributed by atoms with van der Waals surface area (Å²) < 4.78 is 0. The first-order valence-corrected chi connectivity index (χ1v) is 12.6. The van der Waals surface area contributed by atoms with E-state index < -0.39 is 6.04 Å². The van der Waals surface area contributed by atoms with Crippen LogP contribution in [0.25, 0.3) is 0 Å². The smallest absolute Gasteiger partial charge is 0.322 e. The highest BCUT2D eigenvalue weighted by atomic mass is 16.2. The predicted octanol–water partition coefficient (Wildman–Crippen LogP) is 3.23. The van der Waals surface area contributed by atoms with Gasteiger partial charge in [0, 0.05) is 44.1 Å². The van der Waals surface area contributed by atoms with Gasteiger partial charge in [0.05, 0.1) is 13.1 Å². The number of carbonyl (C=O) groups excluding carboxylic acids is 4. The van der Waals surface area contributed by atoms with Crippen molar-refractivity contribution >= 4 is 35.0 Å². The van der Waals surface area contributed by atoms with Crippen LogP contribution in [-0.2, 0) is 9.59 Å². The lowest BCUT2D eigenvalue weighted by Crippen LogP contribution is -2.53. The molecule has 1 aliphatic heterocycles. The Morgan fingerprint density at radius 3 is 2.16 bits per heavy atom. The Morgan fingerprint density at radius 2 is 1.54 bits per heavy atom. The van der Waals surface area contributed by atoms with E-state index in [1.165, 1.54) is 9.80 Å². The third-order valence-corrected chi connectivity index (χ3v) is 6.17. The van der Waals surface area contributed by atoms with Crippen molar-refractivity contribution in [3.8, 4) is 0 Å². The molecule has 1 heterocycles. The Kier molecular flexibility index (Phi) is 9.65. The number of para-hydroxylation sites is 1. The summed E-state index contributed by atoms with van der Waals surface area (Å²) in [6.07, 6.45) is 0.978. The molecule has 9 heteroatoms. The number of ketones is 1. The number of urea groups is 1. The molecule has 0 aliphatic carbocycles. The van der Waals surface area contributed by atoms with Gasteiger partial charge in [-0.3, -0.25) is 14.4 Å². The average molecular weight is 508 g/mol. The van der Waals surface area contributed by atoms with Crippen molar-refractivity contribution in [1.82, 2.24) is 15.1 Å². The largest absolute Gasteiger partial charge is 0.378 e. The van der Waals surface area contributed by atoms with E-state index in [2.05, 4.69) is 10.6 Å². The lowest BCUT2D eigenvalue weighted by molar-refractivity contribution is -0.138. The summed E-state index contributed by atoms with van der Waals surface area (Å²) in [4.78, 5) is 56.8. The van der Waals surface area contributed by atoms with Crippen LogP contribution in [0.5, 0.6) is 0 Å². The van der Waals surface area contributed by atoms with Crippen LogP contribution in [0.1, 0.15) is 37.0 Å². The van der Waals surface area contributed by atoms with Crippen molar-refractivity contribution in [2.45, 2.75) is 32.7 Å². The molecule has 0 aromatic heterocycles. The highest BCUT2D eigenvalue weighted by molar-refractivity contribution is 5.99. The lowest BCUT2D eigenvalue weighted by atomic mass is 10.0. The molecule has 198 valence electrons. The molecule has 37 heavy (non-hydrogen) atoms. The number of hydrogen-bond acceptors (Lipinski definition) is 5. The van der Waals surface area contributed by atoms with Crippen LogP contribution in [0.2, 0.25) is 0 Å². The van der Waals surface area contributed by atoms with Gasteiger partial charge in [-0.2, -0.15) is 0 Å². The second kappa shape index (κ2) is 12.9. The maximum absolute atomic E-state index is 13.5. The molecule has 0 spiro atoms. The van der Waals surface area contributed by atoms with Crippen LogP contribution in [0.3, 0.4) is 0 Å². The van der Waals surface area contributed by atoms with Crippen molar-refractivity contribution < 1.29 is 19.2 Å². The number of hydrogen-bond donors (Lipinski definition) is 2. The Hall–Kier alpha value is -3.88. The molecule has 0 saturated carbocycles. The molecule has 1 fully saturated rings. The Balaban J connectivity index is 1.64. The second-order valence-corrected chi connectivity index (χ2v) is 9.97. The Labute approximate surface area is 218 Å². The number of nitrogens with zero attached hydrogens (tertiary/aromatic N) is 3. The lowest BCUT2D eigenvalue weighted by Gasteiger charge is -2.32. The molecule has 2 N–H and O–H groups in total. The van der Waals surface area contributed by atoms with Crippen LogP contribution in [0, 0.1) is 5.92 Å². The normalized spacial score (nSPS) is 15.0. The molecule has 0 bridgehead atoms. The van der Waals surface area contributed by atoms with Gasteiger partial charge in [0.25, 0.3) is 5.91 Å². The van der Waals surface area contributed by atoms with E-state index >= 15 is 0 Å². The molecular formula is C28H37N5O4. The minimum atomic E-state index is -0.745. The van der Waals surface area contributed by atoms with Crippen LogP contribution < -0.4 is 15.5 Å². The van der Waals surface area contributed by atoms with Gasteiger partial charge >= 0.3 is 6.03 Å². The van der Waals surface area contributed by atoms with Crippen LogP contribution in [0.4, 0.5) is 16.2 Å². The van der Waals surface area contributed by atoms with Crippen LogP contribution in [0.15, 0.2) is 54.6 Å². The zero-order valence-corrected chi connectivity index (χ0v) is 22.1. The molecule has 0 radical (unpaired) electrons. The van der Waals surface area contributed by atoms with Gasteiger partial charge in [0.15, 0.2) is 5.78 Å². The van der Waals surface area contributed by atoms with Gasteiger partial charge in [-0.05, 0) is 55.2 Å². The summed E-state index contributed by atoms with van der Waals surface area (Å²) >= 11 is 0. The quantitative estimate of drug-likeness (QED) is 0.599. The van der Waals surface area contributed by atoms with Gasteiger partial charge in [-0.25, -0.2) is 4.79 Å². The number of nitrogens with one attached hydrogen (secondary N) is 2. The van der Waals surface area contributed by atoms with Gasteiger partial charge in [0.2, 0.25) is 5.91 Å². The molecule has 1 atom stereocenters. The molecule has 2 aromatic carbocycles. The molecule has 2 aromatic rings. The third kappa shape index (κ3) is 8.06. The van der Waals surface area contributed by atoms with E-state index in [-0.39, 0.29) is 42.6 Å². The highest BCUT2D eigenvalue weighted by Crippen LogP contribution is 2.15. The van der Waals surface area contributed by atoms with E-state index in [9.17, 15) is 19.2 Å². The monoisotopic (exact) mass is 507 g/mol. The molecule has 1 aliphatic rings. The number of benzene rings is 2. The fourth-order valence-corrected chi connectivity index (χ4v) is 4.24. The van der Waals surface area contributed by atoms with Crippen molar-refractivity contribution in [3.05, 3.63) is 60.2 Å². The molecule has 3 rings (SSSR count). The first kappa shape index (κ1) is 27.7. The fourth-order valence-electron chi connectivity index (χ4n) is 4.24. The summed E-state index contributed by atoms with van der Waals surface area (Å²) in [7, 11) is 3.85. The molecule has 1 saturated heterocycles. The van der Waals surface area contributed by atoms with Crippen LogP contribution >= 0.6 is 0 Å². The zero-order valence-electron chi connectivity index (χ0n) is 22.1. The van der Waals surface area contributed by atoms with E-state index in [1.54, 1.807) is 24.3 Å². The van der Waals surface area contributed by atoms with E-state index in [0.717, 1.165) is 5.69 Å². The molecule has 0 unspecified atom stereocenters. The number of carbonyl (C=O) groups is 4. The standard InChI is InChI=1S/C28H37N5O4/c1-20(2)17-25(30-26(35)21-11-13-23(14-12-21)31(3)4)27(36)32-15-8-16-33(19-24(34)18-32)28(37)29-22-9-6-5-7-10-22/h5-7,9-14,20,25H,8,15-19H2,1-4H3,(H,29,37)(H,30,35)/t25-/m0/s1. The average Bonchev–Trinajstić information content (AvgIpc) is 2.85. The van der Waals surface area contributed by atoms with Crippen molar-refractivity contribution in [2.24, 2.45) is 5.92 Å². The van der Waals surface area contributed by atoms with Gasteiger partial charge in [-0.15, -0.1) is 0 Å². The van der Waals surface area contributed by atoms with Crippen molar-refractivity contribution in [3.63, 3.8) is 0 Å². The van der Waals surface area contributed by atoms with Gasteiger partial charge in [-0.1, -0.05) is 32.0 Å². The maximum atomic E-state index is 13.5. The molecule has 9 nitrogen and oxygen atoms in total. The van der Waals surface area contributed by atoms with Crippen LogP contribution in [-0.4, -0.2) is 79.7 Å². The number of anilines is 2. The van der Waals surface area contributed by atoms with E-state index in [0.29, 0.717) is 37.2 Å². The van der Waals surface area contributed by atoms with Crippen molar-refractivity contribution in [2.75, 3.05) is 50.5 Å². The zero-order chi connectivity index (χ0) is 26.9. The second-order valence-electron chi connectivity index (χ2n) is 9.97. The van der Waals surface area contributed by atoms with E-state index in [1.807, 2.05) is 63.2 Å². The summed E-state index contributed by atoms with van der Waals surface area (Å²) in [6.45, 7) is 4.45. The maximum Gasteiger partial charge on any atom is 0.322 e. The number of amides is 4. The molecule has 4 amide bonds. The third-order valence-electron chi connectivity index (χ3n) is 6.17. The summed E-state index contributed by atoms with van der Waals surface area (Å²) in [5.41, 5.74) is 2.09. The minimum absolute atomic E-state index is 0.0815. The summed E-state index contributed by atoms with van der Waals surface area (Å²) in [5.74, 6) is -0.674. The van der Waals surface area contributed by atoms with E-state index in [4.69, 9.17) is 0 Å². The summed E-state index contributed by atoms with van der Waals surface area (Å²) in [6, 6.07) is 15.1. The number of rotatable bonds is 7. The fraction of sp³-hybridized carbons (Fsp3) is 0.429. The first-order valence-electron chi connectivity index (χ1n) is 12.6. The molecular weight excluding hydrogens is 470 g/mol. The number of Topliss-reactive ketones (excluding diaryl/α,β-unsaturated/α-hetero) is 1. The Morgan fingerprint density at radius 1 is 0.919 bits per heavy atom. The minimum Gasteiger partial charge on any atom is -0.378 e. The highest BCUT2D eigenvalue weighted by Gasteiger charge is 2.30. The SMILES string of the molecule is CC(C)C[C@H](NC(=O)c1ccc(N(C)C)cc1)C(=O)N1CCCN(C(=O)Nc2ccccc2)CC(=O)C1. The topological polar surface area (TPSA) is 102 Å². The van der Waals surface area contributed by atoms with Crippen molar-refractivity contribution in [1.29, 1.82) is 0 Å². The first-order chi connectivity index (χ1) is 17.6. The predicted molar refractivity (Wildman–Crippen MR) is 145 cm³/mol. The Bertz CT molecular complexity index is 1090. The summed E-state index contributed by atoms with van der Waals surface area (Å²) in [5, 5.41) is 5.69.